The summed E-state index contributed by atoms with van der Waals surface area (Å²) in [6.45, 7) is 2.46. The second-order valence-corrected chi connectivity index (χ2v) is 3.25. The summed E-state index contributed by atoms with van der Waals surface area (Å²) < 4.78 is 0. The lowest BCUT2D eigenvalue weighted by atomic mass is 10.3. The number of hydrogen-bond acceptors (Lipinski definition) is 5. The van der Waals surface area contributed by atoms with E-state index in [1.54, 1.807) is 0 Å². The van der Waals surface area contributed by atoms with Gasteiger partial charge in [0.25, 0.3) is 0 Å². The average Bonchev–Trinajstić information content (AvgIpc) is 2.24. The third-order valence-corrected chi connectivity index (χ3v) is 1.96. The summed E-state index contributed by atoms with van der Waals surface area (Å²) in [5.41, 5.74) is -0.176. The third-order valence-electron chi connectivity index (χ3n) is 1.78. The van der Waals surface area contributed by atoms with Crippen LogP contribution in [0.1, 0.15) is 13.3 Å². The highest BCUT2D eigenvalue weighted by Crippen LogP contribution is 2.21. The van der Waals surface area contributed by atoms with E-state index >= 15 is 0 Å². The number of aromatic nitrogens is 2. The molecular weight excluding hydrogens is 232 g/mol. The van der Waals surface area contributed by atoms with E-state index in [4.69, 9.17) is 11.6 Å². The molecule has 0 aliphatic heterocycles. The van der Waals surface area contributed by atoms with Crippen LogP contribution >= 0.6 is 11.6 Å². The quantitative estimate of drug-likeness (QED) is 0.282. The Kier molecular flexibility index (Phi) is 4.65. The Morgan fingerprint density at radius 3 is 3.06 bits per heavy atom. The lowest BCUT2D eigenvalue weighted by Gasteiger charge is -2.03. The Balaban J connectivity index is 2.76. The lowest BCUT2D eigenvalue weighted by molar-refractivity contribution is -0.384. The molecular formula is C9H11ClN4O2. The van der Waals surface area contributed by atoms with Gasteiger partial charge in [0.2, 0.25) is 11.1 Å². The summed E-state index contributed by atoms with van der Waals surface area (Å²) in [4.78, 5) is 17.4. The van der Waals surface area contributed by atoms with Crippen molar-refractivity contribution in [2.75, 3.05) is 11.9 Å². The van der Waals surface area contributed by atoms with Gasteiger partial charge in [-0.3, -0.25) is 10.1 Å². The van der Waals surface area contributed by atoms with E-state index in [0.29, 0.717) is 6.54 Å². The van der Waals surface area contributed by atoms with Crippen LogP contribution in [0.3, 0.4) is 0 Å². The van der Waals surface area contributed by atoms with Crippen molar-refractivity contribution in [3.8, 4) is 0 Å². The molecule has 1 heterocycles. The van der Waals surface area contributed by atoms with Gasteiger partial charge in [-0.05, 0) is 24.9 Å². The fraction of sp³-hybridized carbons (Fsp3) is 0.333. The largest absolute Gasteiger partial charge is 0.364 e. The van der Waals surface area contributed by atoms with Crippen LogP contribution in [0.25, 0.3) is 0 Å². The first-order valence-electron chi connectivity index (χ1n) is 4.67. The molecule has 0 aliphatic carbocycles. The van der Waals surface area contributed by atoms with Crippen molar-refractivity contribution in [3.63, 3.8) is 0 Å². The molecule has 0 radical (unpaired) electrons. The first-order valence-corrected chi connectivity index (χ1v) is 5.05. The molecule has 1 N–H and O–H groups in total. The van der Waals surface area contributed by atoms with Crippen molar-refractivity contribution >= 4 is 23.1 Å². The second kappa shape index (κ2) is 6.02. The van der Waals surface area contributed by atoms with Crippen molar-refractivity contribution in [1.29, 1.82) is 0 Å². The van der Waals surface area contributed by atoms with E-state index in [1.807, 2.05) is 19.1 Å². The number of halogens is 1. The second-order valence-electron chi connectivity index (χ2n) is 2.91. The minimum atomic E-state index is -0.547. The van der Waals surface area contributed by atoms with E-state index in [9.17, 15) is 10.1 Å². The van der Waals surface area contributed by atoms with E-state index in [-0.39, 0.29) is 16.8 Å². The van der Waals surface area contributed by atoms with Crippen molar-refractivity contribution in [1.82, 2.24) is 9.97 Å². The van der Waals surface area contributed by atoms with Crippen LogP contribution < -0.4 is 5.32 Å². The average molecular weight is 243 g/mol. The van der Waals surface area contributed by atoms with Gasteiger partial charge >= 0.3 is 5.69 Å². The van der Waals surface area contributed by atoms with Crippen LogP contribution in [-0.4, -0.2) is 21.4 Å². The molecule has 0 amide bonds. The molecule has 0 spiro atoms. The minimum Gasteiger partial charge on any atom is -0.364 e. The highest BCUT2D eigenvalue weighted by Gasteiger charge is 2.15. The van der Waals surface area contributed by atoms with Gasteiger partial charge in [-0.2, -0.15) is 4.98 Å². The molecule has 1 rings (SSSR count). The molecule has 0 aliphatic rings. The van der Waals surface area contributed by atoms with E-state index < -0.39 is 4.92 Å². The van der Waals surface area contributed by atoms with Gasteiger partial charge in [0, 0.05) is 6.54 Å². The Morgan fingerprint density at radius 2 is 2.44 bits per heavy atom. The maximum absolute atomic E-state index is 10.7. The standard InChI is InChI=1S/C9H11ClN4O2/c1-2-3-4-5-11-8-7(14(15)16)6-12-9(10)13-8/h2-3,6H,4-5H2,1H3,(H,11,12,13)/b3-2+. The third kappa shape index (κ3) is 3.47. The number of allylic oxidation sites excluding steroid dienone is 1. The van der Waals surface area contributed by atoms with Gasteiger partial charge in [-0.15, -0.1) is 0 Å². The molecule has 16 heavy (non-hydrogen) atoms. The maximum atomic E-state index is 10.7. The molecule has 0 aromatic carbocycles. The van der Waals surface area contributed by atoms with E-state index in [0.717, 1.165) is 12.6 Å². The molecule has 0 bridgehead atoms. The molecule has 1 aromatic rings. The fourth-order valence-corrected chi connectivity index (χ4v) is 1.19. The Morgan fingerprint density at radius 1 is 1.69 bits per heavy atom. The first-order chi connectivity index (χ1) is 7.65. The number of anilines is 1. The van der Waals surface area contributed by atoms with Gasteiger partial charge in [-0.1, -0.05) is 12.2 Å². The number of nitro groups is 1. The molecule has 6 nitrogen and oxygen atoms in total. The number of rotatable bonds is 5. The summed E-state index contributed by atoms with van der Waals surface area (Å²) in [6.07, 6.45) is 5.70. The summed E-state index contributed by atoms with van der Waals surface area (Å²) >= 11 is 5.56. The van der Waals surface area contributed by atoms with Gasteiger partial charge in [0.05, 0.1) is 4.92 Å². The maximum Gasteiger partial charge on any atom is 0.329 e. The van der Waals surface area contributed by atoms with Crippen molar-refractivity contribution in [2.45, 2.75) is 13.3 Å². The van der Waals surface area contributed by atoms with Crippen LogP contribution in [0.2, 0.25) is 5.28 Å². The predicted octanol–water partition coefficient (Wildman–Crippen LogP) is 2.42. The van der Waals surface area contributed by atoms with Gasteiger partial charge in [0.15, 0.2) is 0 Å². The predicted molar refractivity (Wildman–Crippen MR) is 61.6 cm³/mol. The van der Waals surface area contributed by atoms with Gasteiger partial charge in [-0.25, -0.2) is 4.98 Å². The van der Waals surface area contributed by atoms with Crippen molar-refractivity contribution < 1.29 is 4.92 Å². The van der Waals surface area contributed by atoms with Crippen LogP contribution in [0.4, 0.5) is 11.5 Å². The van der Waals surface area contributed by atoms with Crippen LogP contribution in [0, 0.1) is 10.1 Å². The summed E-state index contributed by atoms with van der Waals surface area (Å²) in [5.74, 6) is 0.148. The van der Waals surface area contributed by atoms with E-state index in [1.165, 1.54) is 0 Å². The van der Waals surface area contributed by atoms with Crippen LogP contribution in [-0.2, 0) is 0 Å². The van der Waals surface area contributed by atoms with Crippen LogP contribution in [0.15, 0.2) is 18.3 Å². The zero-order valence-electron chi connectivity index (χ0n) is 8.68. The highest BCUT2D eigenvalue weighted by atomic mass is 35.5. The summed E-state index contributed by atoms with van der Waals surface area (Å²) in [7, 11) is 0. The van der Waals surface area contributed by atoms with Gasteiger partial charge < -0.3 is 5.32 Å². The molecule has 0 saturated carbocycles. The lowest BCUT2D eigenvalue weighted by Crippen LogP contribution is -2.06. The summed E-state index contributed by atoms with van der Waals surface area (Å²) in [5, 5.41) is 13.5. The molecule has 0 fully saturated rings. The molecule has 1 aromatic heterocycles. The summed E-state index contributed by atoms with van der Waals surface area (Å²) in [6, 6.07) is 0. The first kappa shape index (κ1) is 12.4. The van der Waals surface area contributed by atoms with Crippen LogP contribution in [0.5, 0.6) is 0 Å². The number of nitrogens with zero attached hydrogens (tertiary/aromatic N) is 3. The Hall–Kier alpha value is -1.69. The molecule has 0 saturated heterocycles. The fourth-order valence-electron chi connectivity index (χ4n) is 1.06. The Bertz CT molecular complexity index is 408. The number of nitrogens with one attached hydrogen (secondary N) is 1. The minimum absolute atomic E-state index is 0.0147. The molecule has 0 atom stereocenters. The topological polar surface area (TPSA) is 81.0 Å². The van der Waals surface area contributed by atoms with Gasteiger partial charge in [0.1, 0.15) is 6.20 Å². The van der Waals surface area contributed by atoms with Crippen molar-refractivity contribution in [3.05, 3.63) is 33.7 Å². The molecule has 0 unspecified atom stereocenters. The number of hydrogen-bond donors (Lipinski definition) is 1. The normalized spacial score (nSPS) is 10.6. The SMILES string of the molecule is C/C=C/CCNc1nc(Cl)ncc1[N+](=O)[O-]. The van der Waals surface area contributed by atoms with E-state index in [2.05, 4.69) is 15.3 Å². The monoisotopic (exact) mass is 242 g/mol. The smallest absolute Gasteiger partial charge is 0.329 e. The Labute approximate surface area is 97.5 Å². The molecule has 7 heteroatoms. The molecule has 86 valence electrons. The zero-order valence-corrected chi connectivity index (χ0v) is 9.44. The zero-order chi connectivity index (χ0) is 12.0. The highest BCUT2D eigenvalue weighted by molar-refractivity contribution is 6.28. The van der Waals surface area contributed by atoms with Crippen molar-refractivity contribution in [2.24, 2.45) is 0 Å².